The number of nitrogens with zero attached hydrogens (tertiary/aromatic N) is 3. The first-order chi connectivity index (χ1) is 15.8. The molecule has 0 atom stereocenters. The number of aromatic nitrogens is 2. The molecular formula is C21H16BrF3N4O4S. The van der Waals surface area contributed by atoms with Crippen molar-refractivity contribution in [3.63, 3.8) is 0 Å². The molecule has 178 valence electrons. The largest absolute Gasteiger partial charge is 0.506 e. The van der Waals surface area contributed by atoms with E-state index in [0.29, 0.717) is 23.4 Å². The highest BCUT2D eigenvalue weighted by molar-refractivity contribution is 9.10. The second-order valence-corrected chi connectivity index (χ2v) is 10.1. The van der Waals surface area contributed by atoms with Gasteiger partial charge in [0.1, 0.15) is 5.75 Å². The maximum Gasteiger partial charge on any atom is 0.416 e. The quantitative estimate of drug-likeness (QED) is 0.465. The smallest absolute Gasteiger partial charge is 0.416 e. The van der Waals surface area contributed by atoms with Crippen LogP contribution in [0.3, 0.4) is 0 Å². The first kappa shape index (κ1) is 24.0. The van der Waals surface area contributed by atoms with Crippen LogP contribution in [-0.2, 0) is 22.6 Å². The van der Waals surface area contributed by atoms with Crippen LogP contribution >= 0.6 is 15.9 Å². The number of hydrogen-bond acceptors (Lipinski definition) is 6. The van der Waals surface area contributed by atoms with Crippen molar-refractivity contribution < 1.29 is 31.5 Å². The van der Waals surface area contributed by atoms with Gasteiger partial charge in [0.2, 0.25) is 10.0 Å². The topological polar surface area (TPSA) is 112 Å². The maximum atomic E-state index is 13.1. The van der Waals surface area contributed by atoms with Crippen molar-refractivity contribution in [1.82, 2.24) is 9.97 Å². The van der Waals surface area contributed by atoms with Crippen LogP contribution in [0.4, 0.5) is 24.5 Å². The van der Waals surface area contributed by atoms with E-state index in [1.807, 2.05) is 0 Å². The molecule has 1 aliphatic heterocycles. The second kappa shape index (κ2) is 8.55. The lowest BCUT2D eigenvalue weighted by Crippen LogP contribution is -2.38. The van der Waals surface area contributed by atoms with Crippen molar-refractivity contribution in [2.45, 2.75) is 12.6 Å². The third kappa shape index (κ3) is 4.85. The Morgan fingerprint density at radius 2 is 1.88 bits per heavy atom. The number of halogens is 4. The molecule has 8 nitrogen and oxygen atoms in total. The summed E-state index contributed by atoms with van der Waals surface area (Å²) in [7, 11) is -3.65. The summed E-state index contributed by atoms with van der Waals surface area (Å²) in [5.41, 5.74) is 0.466. The molecule has 4 rings (SSSR count). The molecule has 0 unspecified atom stereocenters. The first-order valence-electron chi connectivity index (χ1n) is 9.69. The van der Waals surface area contributed by atoms with Gasteiger partial charge in [0.15, 0.2) is 5.82 Å². The molecule has 2 aromatic carbocycles. The highest BCUT2D eigenvalue weighted by Gasteiger charge is 2.32. The molecule has 2 N–H and O–H groups in total. The third-order valence-electron chi connectivity index (χ3n) is 5.04. The van der Waals surface area contributed by atoms with Gasteiger partial charge >= 0.3 is 6.18 Å². The van der Waals surface area contributed by atoms with Gasteiger partial charge in [-0.1, -0.05) is 15.9 Å². The SMILES string of the molecule is CS(=O)(=O)Nc1cc(N2CCc3nc(-c4ccc(C(F)(F)F)cc4Br)ncc3C2=O)ccc1O. The van der Waals surface area contributed by atoms with Gasteiger partial charge in [-0.05, 0) is 36.4 Å². The number of carbonyl (C=O) groups is 1. The summed E-state index contributed by atoms with van der Waals surface area (Å²) in [6.07, 6.45) is -1.92. The summed E-state index contributed by atoms with van der Waals surface area (Å²) in [6, 6.07) is 7.22. The molecule has 0 fully saturated rings. The normalized spacial score (nSPS) is 14.1. The molecule has 0 radical (unpaired) electrons. The van der Waals surface area contributed by atoms with Crippen LogP contribution in [0, 0.1) is 0 Å². The summed E-state index contributed by atoms with van der Waals surface area (Å²) < 4.78 is 64.2. The Balaban J connectivity index is 1.64. The molecular weight excluding hydrogens is 541 g/mol. The van der Waals surface area contributed by atoms with Crippen LogP contribution in [0.15, 0.2) is 47.1 Å². The molecule has 34 heavy (non-hydrogen) atoms. The number of nitrogens with one attached hydrogen (secondary N) is 1. The molecule has 3 aromatic rings. The van der Waals surface area contributed by atoms with E-state index in [4.69, 9.17) is 0 Å². The zero-order valence-electron chi connectivity index (χ0n) is 17.4. The molecule has 0 saturated carbocycles. The van der Waals surface area contributed by atoms with Crippen molar-refractivity contribution in [2.75, 3.05) is 22.4 Å². The number of aromatic hydroxyl groups is 1. The van der Waals surface area contributed by atoms with Gasteiger partial charge in [0, 0.05) is 34.9 Å². The second-order valence-electron chi connectivity index (χ2n) is 7.53. The van der Waals surface area contributed by atoms with Gasteiger partial charge in [0.05, 0.1) is 28.8 Å². The Morgan fingerprint density at radius 1 is 1.15 bits per heavy atom. The van der Waals surface area contributed by atoms with E-state index in [9.17, 15) is 31.5 Å². The zero-order chi connectivity index (χ0) is 24.8. The summed E-state index contributed by atoms with van der Waals surface area (Å²) in [5.74, 6) is -0.561. The average Bonchev–Trinajstić information content (AvgIpc) is 2.74. The van der Waals surface area contributed by atoms with E-state index in [0.717, 1.165) is 18.4 Å². The number of sulfonamides is 1. The Labute approximate surface area is 200 Å². The van der Waals surface area contributed by atoms with Crippen molar-refractivity contribution in [3.8, 4) is 17.1 Å². The number of alkyl halides is 3. The van der Waals surface area contributed by atoms with Gasteiger partial charge in [-0.3, -0.25) is 9.52 Å². The van der Waals surface area contributed by atoms with Crippen molar-refractivity contribution >= 4 is 43.2 Å². The first-order valence-corrected chi connectivity index (χ1v) is 12.4. The maximum absolute atomic E-state index is 13.1. The zero-order valence-corrected chi connectivity index (χ0v) is 19.8. The minimum atomic E-state index is -4.49. The van der Waals surface area contributed by atoms with Gasteiger partial charge in [-0.25, -0.2) is 18.4 Å². The average molecular weight is 557 g/mol. The summed E-state index contributed by atoms with van der Waals surface area (Å²) in [4.78, 5) is 23.0. The Hall–Kier alpha value is -3.19. The van der Waals surface area contributed by atoms with Crippen LogP contribution in [0.2, 0.25) is 0 Å². The molecule has 0 spiro atoms. The molecule has 1 amide bonds. The number of anilines is 2. The van der Waals surface area contributed by atoms with Crippen molar-refractivity contribution in [1.29, 1.82) is 0 Å². The number of rotatable bonds is 4. The summed E-state index contributed by atoms with van der Waals surface area (Å²) in [6.45, 7) is 0.208. The third-order valence-corrected chi connectivity index (χ3v) is 6.29. The van der Waals surface area contributed by atoms with E-state index in [1.165, 1.54) is 35.4 Å². The number of phenols is 1. The van der Waals surface area contributed by atoms with E-state index < -0.39 is 27.7 Å². The van der Waals surface area contributed by atoms with Gasteiger partial charge in [-0.2, -0.15) is 13.2 Å². The van der Waals surface area contributed by atoms with Gasteiger partial charge in [-0.15, -0.1) is 0 Å². The summed E-state index contributed by atoms with van der Waals surface area (Å²) in [5, 5.41) is 9.93. The number of phenolic OH excluding ortho intramolecular Hbond substituents is 1. The van der Waals surface area contributed by atoms with Gasteiger partial charge in [0.25, 0.3) is 5.91 Å². The van der Waals surface area contributed by atoms with Crippen LogP contribution in [0.5, 0.6) is 5.75 Å². The molecule has 0 saturated heterocycles. The number of carbonyl (C=O) groups excluding carboxylic acids is 1. The lowest BCUT2D eigenvalue weighted by molar-refractivity contribution is -0.137. The number of benzene rings is 2. The van der Waals surface area contributed by atoms with Gasteiger partial charge < -0.3 is 10.0 Å². The Bertz CT molecular complexity index is 1410. The number of amides is 1. The highest BCUT2D eigenvalue weighted by Crippen LogP contribution is 2.36. The lowest BCUT2D eigenvalue weighted by Gasteiger charge is -2.28. The molecule has 13 heteroatoms. The molecule has 2 heterocycles. The standard InChI is InChI=1S/C21H16BrF3N4O4S/c1-34(32,33)28-17-9-12(3-5-18(17)30)29-7-6-16-14(20(29)31)10-26-19(27-16)13-4-2-11(8-15(13)22)21(23,24)25/h2-5,8-10,28,30H,6-7H2,1H3. The van der Waals surface area contributed by atoms with E-state index in [-0.39, 0.29) is 33.8 Å². The van der Waals surface area contributed by atoms with Crippen LogP contribution in [0.25, 0.3) is 11.4 Å². The lowest BCUT2D eigenvalue weighted by atomic mass is 10.0. The minimum Gasteiger partial charge on any atom is -0.506 e. The molecule has 0 aliphatic carbocycles. The fraction of sp³-hybridized carbons (Fsp3) is 0.190. The highest BCUT2D eigenvalue weighted by atomic mass is 79.9. The predicted octanol–water partition coefficient (Wildman–Crippen LogP) is 4.20. The van der Waals surface area contributed by atoms with Crippen molar-refractivity contribution in [3.05, 3.63) is 63.9 Å². The molecule has 1 aliphatic rings. The van der Waals surface area contributed by atoms with E-state index in [2.05, 4.69) is 30.6 Å². The van der Waals surface area contributed by atoms with Crippen LogP contribution in [0.1, 0.15) is 21.6 Å². The minimum absolute atomic E-state index is 0.0719. The molecule has 0 bridgehead atoms. The van der Waals surface area contributed by atoms with E-state index in [1.54, 1.807) is 0 Å². The summed E-state index contributed by atoms with van der Waals surface area (Å²) >= 11 is 3.13. The van der Waals surface area contributed by atoms with E-state index >= 15 is 0 Å². The Morgan fingerprint density at radius 3 is 2.53 bits per heavy atom. The number of fused-ring (bicyclic) bond motifs is 1. The fourth-order valence-electron chi connectivity index (χ4n) is 3.47. The van der Waals surface area contributed by atoms with Crippen LogP contribution < -0.4 is 9.62 Å². The monoisotopic (exact) mass is 556 g/mol. The predicted molar refractivity (Wildman–Crippen MR) is 122 cm³/mol. The Kier molecular flexibility index (Phi) is 6.02. The van der Waals surface area contributed by atoms with Crippen molar-refractivity contribution in [2.24, 2.45) is 0 Å². The number of hydrogen-bond donors (Lipinski definition) is 2. The molecule has 1 aromatic heterocycles. The van der Waals surface area contributed by atoms with Crippen LogP contribution in [-0.4, -0.2) is 42.2 Å². The fourth-order valence-corrected chi connectivity index (χ4v) is 4.59.